The lowest BCUT2D eigenvalue weighted by molar-refractivity contribution is -0.140. The largest absolute Gasteiger partial charge is 0.481 e. The molecule has 632 valence electrons. The van der Waals surface area contributed by atoms with Crippen LogP contribution >= 0.6 is 25.3 Å². The fourth-order valence-corrected chi connectivity index (χ4v) is 12.9. The molecule has 0 radical (unpaired) electrons. The lowest BCUT2D eigenvalue weighted by Gasteiger charge is -2.29. The SMILES string of the molecule is CCCNC(CC(=O)O)C(=O)N[C@@H](CS)C(=O)NC(CCCCN)C(=O)N[C@@H](Cc1c[nH]c2ccccc12)C(=O)NC(Cc1cnc[nH]1)C(=O)N[C@@H](CCCCN)C(=O)NCC(=O)N[C@@H](CCC(N)=O)C(=O)NC(CC(C)C)C(=O)N[C@H](C(=O)NC(Cc1c[nH]c2ccccc12)C(=O)N[C@@H](CS)C(=O)N[C@H](C(N)=O)[C@@H](C)O)C(C)C. The first-order valence-corrected chi connectivity index (χ1v) is 39.5. The molecule has 0 aliphatic carbocycles. The number of nitrogens with two attached hydrogens (primary N) is 4. The van der Waals surface area contributed by atoms with Gasteiger partial charge in [-0.15, -0.1) is 0 Å². The van der Waals surface area contributed by atoms with E-state index < -0.39 is 199 Å². The van der Waals surface area contributed by atoms with Crippen LogP contribution in [-0.2, 0) is 91.2 Å². The number of carbonyl (C=O) groups excluding carboxylic acids is 14. The number of thiol groups is 2. The molecule has 2 aromatic carbocycles. The van der Waals surface area contributed by atoms with Gasteiger partial charge >= 0.3 is 5.97 Å². The highest BCUT2D eigenvalue weighted by molar-refractivity contribution is 7.80. The van der Waals surface area contributed by atoms with E-state index in [2.05, 4.69) is 114 Å². The number of aliphatic hydroxyl groups is 1. The number of nitrogens with one attached hydrogen (secondary N) is 16. The van der Waals surface area contributed by atoms with Crippen molar-refractivity contribution in [2.24, 2.45) is 34.8 Å². The lowest BCUT2D eigenvalue weighted by Crippen LogP contribution is -2.61. The number of para-hydroxylation sites is 2. The fraction of sp³-hybridized carbons (Fsp3) is 0.547. The molecule has 26 N–H and O–H groups in total. The predicted molar refractivity (Wildman–Crippen MR) is 432 cm³/mol. The van der Waals surface area contributed by atoms with Crippen molar-refractivity contribution >= 4 is 136 Å². The van der Waals surface area contributed by atoms with Crippen molar-refractivity contribution in [3.05, 3.63) is 90.3 Å². The molecule has 0 aliphatic rings. The zero-order chi connectivity index (χ0) is 85.0. The molecule has 5 unspecified atom stereocenters. The topological polar surface area (TPSA) is 617 Å². The number of primary amides is 2. The zero-order valence-electron chi connectivity index (χ0n) is 65.4. The second-order valence-corrected chi connectivity index (χ2v) is 29.5. The van der Waals surface area contributed by atoms with Crippen LogP contribution < -0.4 is 92.1 Å². The van der Waals surface area contributed by atoms with Crippen molar-refractivity contribution in [2.75, 3.05) is 37.7 Å². The number of benzene rings is 2. The Labute approximate surface area is 676 Å². The Morgan fingerprint density at radius 1 is 0.487 bits per heavy atom. The number of unbranched alkanes of at least 4 members (excludes halogenated alkanes) is 2. The predicted octanol–water partition coefficient (Wildman–Crippen LogP) is -3.36. The van der Waals surface area contributed by atoms with Gasteiger partial charge in [0.05, 0.1) is 31.4 Å². The molecule has 0 fully saturated rings. The van der Waals surface area contributed by atoms with Crippen molar-refractivity contribution in [1.29, 1.82) is 0 Å². The minimum Gasteiger partial charge on any atom is -0.481 e. The first kappa shape index (κ1) is 94.9. The number of imidazole rings is 1. The molecule has 3 aromatic heterocycles. The van der Waals surface area contributed by atoms with Gasteiger partial charge in [0.15, 0.2) is 0 Å². The Balaban J connectivity index is 1.36. The summed E-state index contributed by atoms with van der Waals surface area (Å²) in [6, 6.07) is -2.94. The van der Waals surface area contributed by atoms with Crippen molar-refractivity contribution in [3.8, 4) is 0 Å². The highest BCUT2D eigenvalue weighted by Gasteiger charge is 2.38. The number of carboxylic acid groups (broad SMARTS) is 1. The number of amides is 14. The van der Waals surface area contributed by atoms with Crippen molar-refractivity contribution in [1.82, 2.24) is 89.1 Å². The summed E-state index contributed by atoms with van der Waals surface area (Å²) in [6.07, 6.45) is 4.26. The Bertz CT molecular complexity index is 4100. The maximum Gasteiger partial charge on any atom is 0.305 e. The van der Waals surface area contributed by atoms with E-state index in [4.69, 9.17) is 22.9 Å². The third kappa shape index (κ3) is 31.2. The average Bonchev–Trinajstić information content (AvgIpc) is 1.70. The minimum absolute atomic E-state index is 0.00885. The fourth-order valence-electron chi connectivity index (χ4n) is 12.4. The van der Waals surface area contributed by atoms with Crippen molar-refractivity contribution in [2.45, 2.75) is 210 Å². The summed E-state index contributed by atoms with van der Waals surface area (Å²) < 4.78 is 0. The number of hydrogen-bond donors (Lipinski definition) is 24. The number of aliphatic hydroxyl groups excluding tert-OH is 1. The number of aromatic amines is 3. The molecule has 40 heteroatoms. The molecule has 13 atom stereocenters. The lowest BCUT2D eigenvalue weighted by atomic mass is 9.98. The Morgan fingerprint density at radius 2 is 0.913 bits per heavy atom. The number of nitrogens with zero attached hydrogens (tertiary/aromatic N) is 1. The van der Waals surface area contributed by atoms with Crippen LogP contribution in [0.25, 0.3) is 21.8 Å². The van der Waals surface area contributed by atoms with Crippen LogP contribution in [-0.4, -0.2) is 235 Å². The number of aliphatic carboxylic acids is 1. The summed E-state index contributed by atoms with van der Waals surface area (Å²) in [5.41, 5.74) is 25.5. The standard InChI is InChI=1S/C75H113N21O17S2/c1-7-26-81-52(31-61(100)101)68(106)93-57(36-114)73(111)88-50(21-13-15-25-77)66(104)90-54(28-42-32-82-47-18-10-8-16-45(42)47)69(107)91-56(30-44-34-80-38-85-44)71(109)87-49(20-12-14-24-76)65(103)84-35-60(99)86-51(22-23-59(78)98)67(105)89-53(27-39(2)3)72(110)95-62(40(4)5)75(113)92-55(29-43-33-83-48-19-11-9-17-46(43)48)70(108)94-58(37-115)74(112)96-63(41(6)97)64(79)102/h8-11,16-19,32-34,38-41,49-58,62-63,81-83,97,114-115H,7,12-15,20-31,35-37,76-77H2,1-6H3,(H2,78,98)(H2,79,102)(H,80,85)(H,84,103)(H,86,99)(H,87,109)(H,88,111)(H,89,105)(H,90,104)(H,91,107)(H,92,113)(H,93,106)(H,94,108)(H,95,110)(H,96,112)(H,100,101)/t41-,49+,50?,51+,52?,53?,54+,55?,56?,57+,58+,62+,63+/m1/s1. The first-order valence-electron chi connectivity index (χ1n) is 38.2. The van der Waals surface area contributed by atoms with E-state index in [0.29, 0.717) is 70.9 Å². The summed E-state index contributed by atoms with van der Waals surface area (Å²) in [7, 11) is 0. The maximum atomic E-state index is 15.0. The minimum atomic E-state index is -1.59. The number of rotatable bonds is 53. The van der Waals surface area contributed by atoms with Crippen LogP contribution in [0.5, 0.6) is 0 Å². The number of H-pyrrole nitrogens is 3. The molecule has 0 saturated carbocycles. The zero-order valence-corrected chi connectivity index (χ0v) is 67.2. The number of hydrogen-bond acceptors (Lipinski definition) is 22. The van der Waals surface area contributed by atoms with Gasteiger partial charge in [0.2, 0.25) is 82.7 Å². The van der Waals surface area contributed by atoms with Crippen LogP contribution in [0.4, 0.5) is 0 Å². The quantitative estimate of drug-likeness (QED) is 0.0134. The molecule has 14 amide bonds. The van der Waals surface area contributed by atoms with Gasteiger partial charge in [-0.3, -0.25) is 71.9 Å². The van der Waals surface area contributed by atoms with Gasteiger partial charge in [-0.1, -0.05) is 71.0 Å². The van der Waals surface area contributed by atoms with E-state index in [1.54, 1.807) is 88.6 Å². The number of carbonyl (C=O) groups is 15. The van der Waals surface area contributed by atoms with E-state index >= 15 is 4.79 Å². The number of fused-ring (bicyclic) bond motifs is 2. The molecule has 5 rings (SSSR count). The summed E-state index contributed by atoms with van der Waals surface area (Å²) in [5.74, 6) is -15.5. The van der Waals surface area contributed by atoms with E-state index in [0.717, 1.165) is 0 Å². The van der Waals surface area contributed by atoms with Crippen LogP contribution in [0.3, 0.4) is 0 Å². The number of carboxylic acids is 1. The van der Waals surface area contributed by atoms with Gasteiger partial charge in [-0.25, -0.2) is 4.98 Å². The molecule has 38 nitrogen and oxygen atoms in total. The van der Waals surface area contributed by atoms with Crippen LogP contribution in [0, 0.1) is 11.8 Å². The van der Waals surface area contributed by atoms with Crippen molar-refractivity contribution in [3.63, 3.8) is 0 Å². The molecule has 0 spiro atoms. The summed E-state index contributed by atoms with van der Waals surface area (Å²) in [4.78, 5) is 221. The molecule has 3 heterocycles. The van der Waals surface area contributed by atoms with Crippen LogP contribution in [0.2, 0.25) is 0 Å². The molecule has 115 heavy (non-hydrogen) atoms. The first-order chi connectivity index (χ1) is 54.7. The van der Waals surface area contributed by atoms with Crippen LogP contribution in [0.1, 0.15) is 129 Å². The second kappa shape index (κ2) is 48.5. The molecule has 0 bridgehead atoms. The summed E-state index contributed by atoms with van der Waals surface area (Å²) in [6.45, 7) is 9.59. The van der Waals surface area contributed by atoms with E-state index in [-0.39, 0.29) is 75.5 Å². The van der Waals surface area contributed by atoms with Gasteiger partial charge in [0.1, 0.15) is 66.5 Å². The monoisotopic (exact) mass is 1640 g/mol. The smallest absolute Gasteiger partial charge is 0.305 e. The molecular formula is C75H113N21O17S2. The molecular weight excluding hydrogens is 1530 g/mol. The van der Waals surface area contributed by atoms with Crippen molar-refractivity contribution < 1.29 is 82.1 Å². The number of aromatic nitrogens is 4. The highest BCUT2D eigenvalue weighted by Crippen LogP contribution is 2.22. The Kier molecular flexibility index (Phi) is 40.0. The van der Waals surface area contributed by atoms with Gasteiger partial charge in [-0.2, -0.15) is 25.3 Å². The summed E-state index contributed by atoms with van der Waals surface area (Å²) in [5, 5.41) is 55.1. The van der Waals surface area contributed by atoms with Gasteiger partial charge < -0.3 is 117 Å². The molecule has 0 aliphatic heterocycles. The highest BCUT2D eigenvalue weighted by atomic mass is 32.1. The molecule has 0 saturated heterocycles. The van der Waals surface area contributed by atoms with Gasteiger partial charge in [0.25, 0.3) is 0 Å². The van der Waals surface area contributed by atoms with Gasteiger partial charge in [-0.05, 0) is 119 Å². The third-order valence-electron chi connectivity index (χ3n) is 18.6. The Morgan fingerprint density at radius 3 is 1.37 bits per heavy atom. The normalized spacial score (nSPS) is 14.8. The van der Waals surface area contributed by atoms with Gasteiger partial charge in [0, 0.05) is 83.3 Å². The van der Waals surface area contributed by atoms with E-state index in [1.807, 2.05) is 6.92 Å². The Hall–Kier alpha value is -10.7. The van der Waals surface area contributed by atoms with E-state index in [9.17, 15) is 77.3 Å². The maximum absolute atomic E-state index is 15.0. The van der Waals surface area contributed by atoms with E-state index in [1.165, 1.54) is 19.4 Å². The third-order valence-corrected chi connectivity index (χ3v) is 19.4. The second-order valence-electron chi connectivity index (χ2n) is 28.8. The molecule has 5 aromatic rings. The van der Waals surface area contributed by atoms with Crippen LogP contribution in [0.15, 0.2) is 73.4 Å². The summed E-state index contributed by atoms with van der Waals surface area (Å²) >= 11 is 8.51. The average molecular weight is 1640 g/mol.